The van der Waals surface area contributed by atoms with E-state index in [9.17, 15) is 0 Å². The van der Waals surface area contributed by atoms with Crippen LogP contribution in [0.4, 0.5) is 0 Å². The molecule has 0 heterocycles. The van der Waals surface area contributed by atoms with Crippen molar-refractivity contribution < 1.29 is 0 Å². The maximum absolute atomic E-state index is 3.24. The molecule has 0 amide bonds. The van der Waals surface area contributed by atoms with Crippen LogP contribution in [0.2, 0.25) is 39.3 Å². The predicted octanol–water partition coefficient (Wildman–Crippen LogP) is 9.46. The highest BCUT2D eigenvalue weighted by atomic mass is 28.3. The Bertz CT molecular complexity index is 2200. The molecular weight excluding hydrogens is 657 g/mol. The van der Waals surface area contributed by atoms with Crippen molar-refractivity contribution in [2.45, 2.75) is 109 Å². The van der Waals surface area contributed by atoms with Crippen LogP contribution in [0.1, 0.15) is 69.2 Å². The van der Waals surface area contributed by atoms with E-state index in [4.69, 9.17) is 0 Å². The van der Waals surface area contributed by atoms with Crippen LogP contribution in [-0.4, -0.2) is 16.1 Å². The molecule has 0 N–H and O–H groups in total. The van der Waals surface area contributed by atoms with Crippen molar-refractivity contribution in [2.24, 2.45) is 0 Å². The molecule has 0 spiro atoms. The lowest BCUT2D eigenvalue weighted by Gasteiger charge is -2.01. The maximum atomic E-state index is 3.24. The Morgan fingerprint density at radius 1 is 0.231 bits per heavy atom. The molecule has 0 bridgehead atoms. The largest absolute Gasteiger partial charge is 0.130 e. The van der Waals surface area contributed by atoms with Gasteiger partial charge in [-0.2, -0.15) is 0 Å². The van der Waals surface area contributed by atoms with Gasteiger partial charge in [0.05, 0.1) is 27.9 Å². The third-order valence-electron chi connectivity index (χ3n) is 5.62. The highest BCUT2D eigenvalue weighted by Crippen LogP contribution is 2.04. The normalized spacial score (nSPS) is 8.08. The van der Waals surface area contributed by atoms with Crippen molar-refractivity contribution in [1.29, 1.82) is 0 Å². The van der Waals surface area contributed by atoms with E-state index in [0.29, 0.717) is 16.7 Å². The average molecular weight is 705 g/mol. The van der Waals surface area contributed by atoms with E-state index in [0.717, 1.165) is 39.0 Å². The number of hydrogen-bond acceptors (Lipinski definition) is 0. The lowest BCUT2D eigenvalue weighted by Crippen LogP contribution is -2.16. The van der Waals surface area contributed by atoms with E-state index in [-0.39, 0.29) is 0 Å². The number of rotatable bonds is 0. The van der Waals surface area contributed by atoms with Gasteiger partial charge in [0.25, 0.3) is 0 Å². The quantitative estimate of drug-likeness (QED) is 0.174. The summed E-state index contributed by atoms with van der Waals surface area (Å²) in [5.74, 6) is 65.4. The van der Waals surface area contributed by atoms with E-state index in [1.54, 1.807) is 0 Å². The Morgan fingerprint density at radius 3 is 0.481 bits per heavy atom. The van der Waals surface area contributed by atoms with Crippen LogP contribution in [0.3, 0.4) is 0 Å². The monoisotopic (exact) mass is 704 g/mol. The third kappa shape index (κ3) is 24.1. The van der Waals surface area contributed by atoms with Crippen molar-refractivity contribution in [3.8, 4) is 141 Å². The van der Waals surface area contributed by atoms with Gasteiger partial charge in [-0.25, -0.2) is 0 Å². The molecule has 2 heteroatoms. The molecule has 0 aromatic heterocycles. The zero-order valence-electron chi connectivity index (χ0n) is 34.0. The number of allylic oxidation sites excluding steroid dienone is 10. The van der Waals surface area contributed by atoms with Crippen molar-refractivity contribution in [3.63, 3.8) is 0 Å². The van der Waals surface area contributed by atoms with E-state index < -0.39 is 16.1 Å². The summed E-state index contributed by atoms with van der Waals surface area (Å²) in [4.78, 5) is 0. The van der Waals surface area contributed by atoms with Crippen molar-refractivity contribution in [1.82, 2.24) is 0 Å². The highest BCUT2D eigenvalue weighted by molar-refractivity contribution is 6.84. The molecule has 0 aliphatic carbocycles. The standard InChI is InChI=1S/C50H48Si2/c1-41(2)46(29-17-19-31-47(42(3)4)33-21-23-35-49(44(7)8)37-25-27-39-51(11,12)13)30-18-20-32-48(43(5)6)34-22-24-36-50(45(9)10)38-26-28-40-52(14,15)16/h1-16H3. The maximum Gasteiger partial charge on any atom is 0.130 e. The van der Waals surface area contributed by atoms with Crippen LogP contribution in [0.5, 0.6) is 0 Å². The highest BCUT2D eigenvalue weighted by Gasteiger charge is 2.07. The average Bonchev–Trinajstić information content (AvgIpc) is 3.01. The first-order valence-electron chi connectivity index (χ1n) is 16.8. The molecule has 256 valence electrons. The summed E-state index contributed by atoms with van der Waals surface area (Å²) >= 11 is 0. The van der Waals surface area contributed by atoms with Gasteiger partial charge in [0, 0.05) is 0 Å². The molecule has 0 saturated heterocycles. The summed E-state index contributed by atoms with van der Waals surface area (Å²) in [7, 11) is -2.93. The van der Waals surface area contributed by atoms with Gasteiger partial charge >= 0.3 is 0 Å². The second-order valence-corrected chi connectivity index (χ2v) is 23.9. The summed E-state index contributed by atoms with van der Waals surface area (Å²) in [6.45, 7) is 32.7. The minimum atomic E-state index is -1.46. The smallest absolute Gasteiger partial charge is 0.118 e. The molecule has 0 rings (SSSR count). The first-order chi connectivity index (χ1) is 24.2. The van der Waals surface area contributed by atoms with E-state index in [1.165, 1.54) is 0 Å². The number of hydrogen-bond donors (Lipinski definition) is 0. The van der Waals surface area contributed by atoms with Gasteiger partial charge in [0.15, 0.2) is 0 Å². The lowest BCUT2D eigenvalue weighted by molar-refractivity contribution is 1.37. The van der Waals surface area contributed by atoms with Crippen molar-refractivity contribution in [2.75, 3.05) is 0 Å². The molecule has 0 fully saturated rings. The molecule has 52 heavy (non-hydrogen) atoms. The van der Waals surface area contributed by atoms with Crippen LogP contribution in [-0.2, 0) is 0 Å². The second kappa shape index (κ2) is 24.1. The molecule has 0 radical (unpaired) electrons. The van der Waals surface area contributed by atoms with Crippen molar-refractivity contribution in [3.05, 3.63) is 55.7 Å². The van der Waals surface area contributed by atoms with Gasteiger partial charge in [-0.3, -0.25) is 0 Å². The van der Waals surface area contributed by atoms with E-state index in [1.807, 2.05) is 69.2 Å². The fourth-order valence-electron chi connectivity index (χ4n) is 2.78. The molecule has 0 atom stereocenters. The van der Waals surface area contributed by atoms with Crippen molar-refractivity contribution >= 4 is 16.1 Å². The molecule has 0 aromatic carbocycles. The zero-order valence-corrected chi connectivity index (χ0v) is 36.0. The van der Waals surface area contributed by atoms with Crippen LogP contribution in [0.15, 0.2) is 55.7 Å². The van der Waals surface area contributed by atoms with Gasteiger partial charge < -0.3 is 0 Å². The lowest BCUT2D eigenvalue weighted by atomic mass is 10.1. The van der Waals surface area contributed by atoms with Crippen LogP contribution < -0.4 is 0 Å². The van der Waals surface area contributed by atoms with Gasteiger partial charge in [0.1, 0.15) is 16.1 Å². The molecule has 0 nitrogen and oxygen atoms in total. The summed E-state index contributed by atoms with van der Waals surface area (Å²) < 4.78 is 0. The molecule has 0 saturated carbocycles. The Hall–Kier alpha value is -6.15. The predicted molar refractivity (Wildman–Crippen MR) is 232 cm³/mol. The summed E-state index contributed by atoms with van der Waals surface area (Å²) in [5.41, 5.74) is 14.9. The van der Waals surface area contributed by atoms with Crippen LogP contribution in [0.25, 0.3) is 0 Å². The van der Waals surface area contributed by atoms with Gasteiger partial charge in [-0.1, -0.05) is 67.1 Å². The fraction of sp³-hybridized carbons (Fsp3) is 0.320. The van der Waals surface area contributed by atoms with Gasteiger partial charge in [-0.05, 0) is 199 Å². The van der Waals surface area contributed by atoms with Gasteiger partial charge in [-0.15, -0.1) is 11.1 Å². The Kier molecular flexibility index (Phi) is 21.2. The van der Waals surface area contributed by atoms with Crippen LogP contribution >= 0.6 is 0 Å². The molecule has 0 aliphatic heterocycles. The second-order valence-electron chi connectivity index (χ2n) is 14.4. The van der Waals surface area contributed by atoms with E-state index in [2.05, 4.69) is 181 Å². The molecule has 0 unspecified atom stereocenters. The minimum absolute atomic E-state index is 0.657. The molecular formula is C50H48Si2. The Labute approximate surface area is 320 Å². The first-order valence-corrected chi connectivity index (χ1v) is 23.8. The molecule has 0 aliphatic rings. The SMILES string of the molecule is CC(C)=C(C#CC#CC(C#CC#CC(C#CC#C[Si](C)(C)C)=C(C)C)=C(C)C)C#CC#CC(C#CC#CC(C#CC#C[Si](C)(C)C)=C(C)C)=C(C)C. The summed E-state index contributed by atoms with van der Waals surface area (Å²) in [6.07, 6.45) is 0. The summed E-state index contributed by atoms with van der Waals surface area (Å²) in [5, 5.41) is 0. The zero-order chi connectivity index (χ0) is 39.7. The Morgan fingerprint density at radius 2 is 0.365 bits per heavy atom. The minimum Gasteiger partial charge on any atom is -0.118 e. The molecule has 0 aromatic rings. The summed E-state index contributed by atoms with van der Waals surface area (Å²) in [6, 6.07) is 0. The first kappa shape index (κ1) is 45.9. The van der Waals surface area contributed by atoms with E-state index >= 15 is 0 Å². The Balaban J connectivity index is 6.07. The topological polar surface area (TPSA) is 0 Å². The van der Waals surface area contributed by atoms with Gasteiger partial charge in [0.2, 0.25) is 0 Å². The van der Waals surface area contributed by atoms with Crippen LogP contribution in [0, 0.1) is 141 Å². The third-order valence-corrected chi connectivity index (χ3v) is 7.38. The fourth-order valence-corrected chi connectivity index (χ4v) is 3.66.